The van der Waals surface area contributed by atoms with Gasteiger partial charge in [-0.05, 0) is 47.3 Å². The van der Waals surface area contributed by atoms with Gasteiger partial charge in [0, 0.05) is 3.57 Å². The number of benzene rings is 1. The molecule has 0 fully saturated rings. The fraction of sp³-hybridized carbons (Fsp3) is 0.333. The molecule has 1 atom stereocenters. The normalized spacial score (nSPS) is 12.9. The quantitative estimate of drug-likeness (QED) is 0.832. The third-order valence-corrected chi connectivity index (χ3v) is 2.75. The molecule has 1 rings (SSSR count). The van der Waals surface area contributed by atoms with Gasteiger partial charge in [0.25, 0.3) is 0 Å². The summed E-state index contributed by atoms with van der Waals surface area (Å²) in [6.45, 7) is -0.0312. The maximum atomic E-state index is 13.1. The number of aliphatic hydroxyl groups excluding tert-OH is 1. The molecule has 13 heavy (non-hydrogen) atoms. The molecule has 0 heterocycles. The third kappa shape index (κ3) is 2.62. The molecule has 0 aliphatic heterocycles. The van der Waals surface area contributed by atoms with E-state index in [0.29, 0.717) is 3.57 Å². The first-order valence-corrected chi connectivity index (χ1v) is 5.00. The van der Waals surface area contributed by atoms with E-state index >= 15 is 0 Å². The van der Waals surface area contributed by atoms with Crippen molar-refractivity contribution in [3.05, 3.63) is 33.1 Å². The summed E-state index contributed by atoms with van der Waals surface area (Å²) in [6, 6.07) is 4.76. The molecule has 0 aliphatic rings. The van der Waals surface area contributed by atoms with E-state index < -0.39 is 0 Å². The van der Waals surface area contributed by atoms with E-state index in [1.54, 1.807) is 13.1 Å². The minimum Gasteiger partial charge on any atom is -0.394 e. The van der Waals surface area contributed by atoms with Gasteiger partial charge in [0.05, 0.1) is 12.6 Å². The van der Waals surface area contributed by atoms with Crippen molar-refractivity contribution in [1.82, 2.24) is 5.32 Å². The number of hydrogen-bond acceptors (Lipinski definition) is 2. The Hall–Kier alpha value is -0.200. The van der Waals surface area contributed by atoms with Gasteiger partial charge in [-0.25, -0.2) is 4.39 Å². The molecule has 0 saturated heterocycles. The Kier molecular flexibility index (Phi) is 4.08. The highest BCUT2D eigenvalue weighted by Crippen LogP contribution is 2.17. The molecule has 0 radical (unpaired) electrons. The van der Waals surface area contributed by atoms with Crippen LogP contribution >= 0.6 is 22.6 Å². The van der Waals surface area contributed by atoms with E-state index in [0.717, 1.165) is 5.56 Å². The average Bonchev–Trinajstić information content (AvgIpc) is 2.13. The summed E-state index contributed by atoms with van der Waals surface area (Å²) in [6.07, 6.45) is 0. The lowest BCUT2D eigenvalue weighted by Gasteiger charge is -2.13. The molecule has 0 spiro atoms. The molecule has 72 valence electrons. The maximum Gasteiger partial charge on any atom is 0.136 e. The van der Waals surface area contributed by atoms with Crippen LogP contribution in [-0.2, 0) is 0 Å². The predicted molar refractivity (Wildman–Crippen MR) is 58.0 cm³/mol. The van der Waals surface area contributed by atoms with E-state index in [1.807, 2.05) is 28.7 Å². The van der Waals surface area contributed by atoms with Gasteiger partial charge < -0.3 is 10.4 Å². The fourth-order valence-electron chi connectivity index (χ4n) is 1.09. The van der Waals surface area contributed by atoms with Crippen LogP contribution in [-0.4, -0.2) is 18.8 Å². The number of aliphatic hydroxyl groups is 1. The molecular formula is C9H11FINO. The fourth-order valence-corrected chi connectivity index (χ4v) is 1.43. The highest BCUT2D eigenvalue weighted by Gasteiger charge is 2.09. The Morgan fingerprint density at radius 2 is 2.31 bits per heavy atom. The number of likely N-dealkylation sites (N-methyl/N-ethyl adjacent to an activating group) is 1. The summed E-state index contributed by atoms with van der Waals surface area (Å²) >= 11 is 1.93. The van der Waals surface area contributed by atoms with Gasteiger partial charge in [-0.15, -0.1) is 0 Å². The van der Waals surface area contributed by atoms with E-state index in [9.17, 15) is 4.39 Å². The molecule has 0 aromatic heterocycles. The third-order valence-electron chi connectivity index (χ3n) is 1.88. The monoisotopic (exact) mass is 295 g/mol. The molecule has 0 saturated carbocycles. The first-order valence-electron chi connectivity index (χ1n) is 3.92. The molecule has 0 bridgehead atoms. The Labute approximate surface area is 90.3 Å². The smallest absolute Gasteiger partial charge is 0.136 e. The molecule has 1 aromatic carbocycles. The van der Waals surface area contributed by atoms with E-state index in [2.05, 4.69) is 5.32 Å². The highest BCUT2D eigenvalue weighted by atomic mass is 127. The molecule has 0 aliphatic carbocycles. The maximum absolute atomic E-state index is 13.1. The summed E-state index contributed by atoms with van der Waals surface area (Å²) < 4.78 is 13.7. The number of rotatable bonds is 3. The van der Waals surface area contributed by atoms with Crippen LogP contribution in [0, 0.1) is 9.39 Å². The second-order valence-corrected chi connectivity index (χ2v) is 3.86. The molecular weight excluding hydrogens is 284 g/mol. The molecule has 0 amide bonds. The van der Waals surface area contributed by atoms with Gasteiger partial charge in [0.1, 0.15) is 5.82 Å². The van der Waals surface area contributed by atoms with Crippen LogP contribution in [0.1, 0.15) is 11.6 Å². The summed E-state index contributed by atoms with van der Waals surface area (Å²) in [5.41, 5.74) is 0.767. The van der Waals surface area contributed by atoms with Crippen molar-refractivity contribution in [2.45, 2.75) is 6.04 Å². The summed E-state index contributed by atoms with van der Waals surface area (Å²) in [5, 5.41) is 11.8. The topological polar surface area (TPSA) is 32.3 Å². The van der Waals surface area contributed by atoms with Crippen molar-refractivity contribution in [3.63, 3.8) is 0 Å². The van der Waals surface area contributed by atoms with Crippen molar-refractivity contribution in [2.75, 3.05) is 13.7 Å². The SMILES string of the molecule is CNC(CO)c1ccc(I)c(F)c1. The standard InChI is InChI=1S/C9H11FINO/c1-12-9(5-13)6-2-3-8(11)7(10)4-6/h2-4,9,12-13H,5H2,1H3. The Bertz CT molecular complexity index is 289. The minimum atomic E-state index is -0.244. The van der Waals surface area contributed by atoms with Crippen molar-refractivity contribution in [2.24, 2.45) is 0 Å². The Balaban J connectivity index is 2.95. The predicted octanol–water partition coefficient (Wildman–Crippen LogP) is 1.68. The number of nitrogens with one attached hydrogen (secondary N) is 1. The molecule has 2 nitrogen and oxygen atoms in total. The second kappa shape index (κ2) is 4.88. The summed E-state index contributed by atoms with van der Waals surface area (Å²) in [7, 11) is 1.73. The van der Waals surface area contributed by atoms with Crippen LogP contribution < -0.4 is 5.32 Å². The lowest BCUT2D eigenvalue weighted by molar-refractivity contribution is 0.250. The van der Waals surface area contributed by atoms with Crippen molar-refractivity contribution >= 4 is 22.6 Å². The zero-order chi connectivity index (χ0) is 9.84. The van der Waals surface area contributed by atoms with Crippen LogP contribution in [0.15, 0.2) is 18.2 Å². The molecule has 4 heteroatoms. The molecule has 1 aromatic rings. The zero-order valence-electron chi connectivity index (χ0n) is 7.22. The summed E-state index contributed by atoms with van der Waals surface area (Å²) in [4.78, 5) is 0. The lowest BCUT2D eigenvalue weighted by atomic mass is 10.1. The molecule has 1 unspecified atom stereocenters. The van der Waals surface area contributed by atoms with Gasteiger partial charge in [0.15, 0.2) is 0 Å². The minimum absolute atomic E-state index is 0.0312. The Morgan fingerprint density at radius 3 is 2.77 bits per heavy atom. The number of hydrogen-bond donors (Lipinski definition) is 2. The molecule has 2 N–H and O–H groups in total. The second-order valence-electron chi connectivity index (χ2n) is 2.70. The number of halogens is 2. The van der Waals surface area contributed by atoms with E-state index in [4.69, 9.17) is 5.11 Å². The van der Waals surface area contributed by atoms with Gasteiger partial charge in [0.2, 0.25) is 0 Å². The van der Waals surface area contributed by atoms with Gasteiger partial charge >= 0.3 is 0 Å². The van der Waals surface area contributed by atoms with Crippen molar-refractivity contribution < 1.29 is 9.50 Å². The van der Waals surface area contributed by atoms with Crippen LogP contribution in [0.3, 0.4) is 0 Å². The van der Waals surface area contributed by atoms with Crippen molar-refractivity contribution in [1.29, 1.82) is 0 Å². The first-order chi connectivity index (χ1) is 6.19. The first kappa shape index (κ1) is 10.9. The van der Waals surface area contributed by atoms with Crippen LogP contribution in [0.5, 0.6) is 0 Å². The highest BCUT2D eigenvalue weighted by molar-refractivity contribution is 14.1. The van der Waals surface area contributed by atoms with Gasteiger partial charge in [-0.3, -0.25) is 0 Å². The lowest BCUT2D eigenvalue weighted by Crippen LogP contribution is -2.20. The van der Waals surface area contributed by atoms with Crippen LogP contribution in [0.25, 0.3) is 0 Å². The van der Waals surface area contributed by atoms with Crippen LogP contribution in [0.4, 0.5) is 4.39 Å². The Morgan fingerprint density at radius 1 is 1.62 bits per heavy atom. The van der Waals surface area contributed by atoms with Gasteiger partial charge in [-0.2, -0.15) is 0 Å². The summed E-state index contributed by atoms with van der Waals surface area (Å²) in [5.74, 6) is -0.244. The van der Waals surface area contributed by atoms with E-state index in [1.165, 1.54) is 6.07 Å². The van der Waals surface area contributed by atoms with Crippen molar-refractivity contribution in [3.8, 4) is 0 Å². The van der Waals surface area contributed by atoms with Crippen LogP contribution in [0.2, 0.25) is 0 Å². The average molecular weight is 295 g/mol. The van der Waals surface area contributed by atoms with Gasteiger partial charge in [-0.1, -0.05) is 6.07 Å². The zero-order valence-corrected chi connectivity index (χ0v) is 9.38. The van der Waals surface area contributed by atoms with E-state index in [-0.39, 0.29) is 18.5 Å². The largest absolute Gasteiger partial charge is 0.394 e.